The van der Waals surface area contributed by atoms with Crippen molar-refractivity contribution < 1.29 is 14.3 Å². The number of nitrogens with zero attached hydrogens (tertiary/aromatic N) is 1. The van der Waals surface area contributed by atoms with E-state index in [-0.39, 0.29) is 12.5 Å². The van der Waals surface area contributed by atoms with Crippen LogP contribution in [0, 0.1) is 6.92 Å². The fourth-order valence-corrected chi connectivity index (χ4v) is 1.83. The lowest BCUT2D eigenvalue weighted by Gasteiger charge is -2.16. The zero-order chi connectivity index (χ0) is 14.0. The highest BCUT2D eigenvalue weighted by Crippen LogP contribution is 2.25. The normalized spacial score (nSPS) is 14.0. The van der Waals surface area contributed by atoms with Crippen LogP contribution in [0.1, 0.15) is 28.8 Å². The molecule has 0 aromatic heterocycles. The summed E-state index contributed by atoms with van der Waals surface area (Å²) in [6.07, 6.45) is 2.06. The molecular formula is C14H18N2O3. The predicted octanol–water partition coefficient (Wildman–Crippen LogP) is 1.35. The molecule has 1 amide bonds. The van der Waals surface area contributed by atoms with Crippen LogP contribution in [0.5, 0.6) is 0 Å². The molecule has 5 nitrogen and oxygen atoms in total. The number of benzene rings is 1. The Morgan fingerprint density at radius 1 is 1.42 bits per heavy atom. The second-order valence-electron chi connectivity index (χ2n) is 4.85. The minimum atomic E-state index is -0.557. The number of ether oxygens (including phenoxy) is 1. The van der Waals surface area contributed by atoms with Crippen LogP contribution in [0.15, 0.2) is 18.2 Å². The topological polar surface area (TPSA) is 72.6 Å². The summed E-state index contributed by atoms with van der Waals surface area (Å²) in [6, 6.07) is 5.47. The molecular weight excluding hydrogens is 244 g/mol. The number of amides is 1. The maximum Gasteiger partial charge on any atom is 0.340 e. The van der Waals surface area contributed by atoms with Gasteiger partial charge < -0.3 is 15.4 Å². The van der Waals surface area contributed by atoms with Gasteiger partial charge >= 0.3 is 5.97 Å². The van der Waals surface area contributed by atoms with Crippen molar-refractivity contribution in [2.75, 3.05) is 19.4 Å². The van der Waals surface area contributed by atoms with Crippen molar-refractivity contribution in [2.24, 2.45) is 0 Å². The molecule has 0 heterocycles. The summed E-state index contributed by atoms with van der Waals surface area (Å²) in [7, 11) is 1.73. The zero-order valence-corrected chi connectivity index (χ0v) is 11.2. The number of hydrogen-bond donors (Lipinski definition) is 1. The van der Waals surface area contributed by atoms with E-state index in [1.54, 1.807) is 24.1 Å². The summed E-state index contributed by atoms with van der Waals surface area (Å²) in [5.74, 6) is -0.735. The van der Waals surface area contributed by atoms with Gasteiger partial charge in [0.05, 0.1) is 5.56 Å². The quantitative estimate of drug-likeness (QED) is 0.656. The van der Waals surface area contributed by atoms with Gasteiger partial charge in [0.25, 0.3) is 5.91 Å². The Labute approximate surface area is 112 Å². The van der Waals surface area contributed by atoms with Gasteiger partial charge in [0.15, 0.2) is 6.61 Å². The zero-order valence-electron chi connectivity index (χ0n) is 11.2. The summed E-state index contributed by atoms with van der Waals surface area (Å²) in [5, 5.41) is 0. The number of likely N-dealkylation sites (N-methyl/N-ethyl adjacent to an activating group) is 1. The predicted molar refractivity (Wildman–Crippen MR) is 71.7 cm³/mol. The van der Waals surface area contributed by atoms with Crippen LogP contribution in [-0.2, 0) is 9.53 Å². The Hall–Kier alpha value is -2.04. The molecule has 0 unspecified atom stereocenters. The molecule has 1 aromatic carbocycles. The molecule has 0 spiro atoms. The minimum Gasteiger partial charge on any atom is -0.452 e. The first-order valence-corrected chi connectivity index (χ1v) is 6.28. The molecule has 0 atom stereocenters. The Balaban J connectivity index is 1.94. The van der Waals surface area contributed by atoms with Gasteiger partial charge in [-0.1, -0.05) is 12.1 Å². The van der Waals surface area contributed by atoms with Gasteiger partial charge in [0.1, 0.15) is 0 Å². The third-order valence-corrected chi connectivity index (χ3v) is 3.36. The average molecular weight is 262 g/mol. The van der Waals surface area contributed by atoms with Crippen LogP contribution in [0.25, 0.3) is 0 Å². The number of carbonyl (C=O) groups excluding carboxylic acids is 2. The van der Waals surface area contributed by atoms with Crippen LogP contribution in [0.3, 0.4) is 0 Å². The van der Waals surface area contributed by atoms with Crippen molar-refractivity contribution in [1.29, 1.82) is 0 Å². The molecule has 2 N–H and O–H groups in total. The lowest BCUT2D eigenvalue weighted by atomic mass is 10.1. The van der Waals surface area contributed by atoms with Crippen LogP contribution >= 0.6 is 0 Å². The molecule has 0 bridgehead atoms. The maximum absolute atomic E-state index is 11.9. The Morgan fingerprint density at radius 3 is 2.74 bits per heavy atom. The molecule has 1 aromatic rings. The number of carbonyl (C=O) groups is 2. The highest BCUT2D eigenvalue weighted by molar-refractivity contribution is 5.96. The third kappa shape index (κ3) is 3.05. The Kier molecular flexibility index (Phi) is 3.74. The van der Waals surface area contributed by atoms with Crippen LogP contribution in [0.4, 0.5) is 5.69 Å². The van der Waals surface area contributed by atoms with E-state index < -0.39 is 5.97 Å². The summed E-state index contributed by atoms with van der Waals surface area (Å²) in [6.45, 7) is 1.58. The molecule has 2 rings (SSSR count). The standard InChI is InChI=1S/C14H18N2O3/c1-9-4-3-5-11(13(9)15)14(18)19-8-12(17)16(2)10-6-7-10/h3-5,10H,6-8,15H2,1-2H3. The Morgan fingerprint density at radius 2 is 2.11 bits per heavy atom. The van der Waals surface area contributed by atoms with Crippen molar-refractivity contribution >= 4 is 17.6 Å². The van der Waals surface area contributed by atoms with Crippen molar-refractivity contribution in [3.05, 3.63) is 29.3 Å². The van der Waals surface area contributed by atoms with Crippen molar-refractivity contribution in [2.45, 2.75) is 25.8 Å². The highest BCUT2D eigenvalue weighted by atomic mass is 16.5. The van der Waals surface area contributed by atoms with E-state index >= 15 is 0 Å². The van der Waals surface area contributed by atoms with E-state index in [4.69, 9.17) is 10.5 Å². The molecule has 1 aliphatic carbocycles. The molecule has 0 radical (unpaired) electrons. The second-order valence-corrected chi connectivity index (χ2v) is 4.85. The first-order chi connectivity index (χ1) is 9.00. The summed E-state index contributed by atoms with van der Waals surface area (Å²) in [4.78, 5) is 25.2. The second kappa shape index (κ2) is 5.30. The van der Waals surface area contributed by atoms with E-state index in [0.29, 0.717) is 17.3 Å². The average Bonchev–Trinajstić information content (AvgIpc) is 3.22. The lowest BCUT2D eigenvalue weighted by Crippen LogP contribution is -2.33. The van der Waals surface area contributed by atoms with Crippen LogP contribution < -0.4 is 5.73 Å². The Bertz CT molecular complexity index is 509. The first-order valence-electron chi connectivity index (χ1n) is 6.28. The lowest BCUT2D eigenvalue weighted by molar-refractivity contribution is -0.133. The molecule has 5 heteroatoms. The molecule has 1 aliphatic rings. The van der Waals surface area contributed by atoms with Gasteiger partial charge in [-0.2, -0.15) is 0 Å². The molecule has 1 saturated carbocycles. The van der Waals surface area contributed by atoms with Crippen LogP contribution in [-0.4, -0.2) is 36.5 Å². The molecule has 102 valence electrons. The van der Waals surface area contributed by atoms with Gasteiger partial charge in [-0.15, -0.1) is 0 Å². The van der Waals surface area contributed by atoms with Gasteiger partial charge in [0, 0.05) is 18.8 Å². The summed E-state index contributed by atoms with van der Waals surface area (Å²) < 4.78 is 5.01. The summed E-state index contributed by atoms with van der Waals surface area (Å²) >= 11 is 0. The molecule has 19 heavy (non-hydrogen) atoms. The van der Waals surface area contributed by atoms with E-state index in [2.05, 4.69) is 0 Å². The van der Waals surface area contributed by atoms with Crippen molar-refractivity contribution in [3.8, 4) is 0 Å². The largest absolute Gasteiger partial charge is 0.452 e. The van der Waals surface area contributed by atoms with Crippen LogP contribution in [0.2, 0.25) is 0 Å². The fourth-order valence-electron chi connectivity index (χ4n) is 1.83. The fraction of sp³-hybridized carbons (Fsp3) is 0.429. The SMILES string of the molecule is Cc1cccc(C(=O)OCC(=O)N(C)C2CC2)c1N. The number of nitrogen functional groups attached to an aromatic ring is 1. The smallest absolute Gasteiger partial charge is 0.340 e. The summed E-state index contributed by atoms with van der Waals surface area (Å²) in [5.41, 5.74) is 7.33. The number of aryl methyl sites for hydroxylation is 1. The number of nitrogens with two attached hydrogens (primary N) is 1. The number of rotatable bonds is 4. The number of hydrogen-bond acceptors (Lipinski definition) is 4. The van der Waals surface area contributed by atoms with E-state index in [1.165, 1.54) is 0 Å². The van der Waals surface area contributed by atoms with Gasteiger partial charge in [0.2, 0.25) is 0 Å². The number of para-hydroxylation sites is 1. The molecule has 0 saturated heterocycles. The first kappa shape index (κ1) is 13.4. The van der Waals surface area contributed by atoms with E-state index in [0.717, 1.165) is 18.4 Å². The maximum atomic E-state index is 11.9. The number of esters is 1. The van der Waals surface area contributed by atoms with Crippen molar-refractivity contribution in [3.63, 3.8) is 0 Å². The third-order valence-electron chi connectivity index (χ3n) is 3.36. The van der Waals surface area contributed by atoms with Gasteiger partial charge in [-0.3, -0.25) is 4.79 Å². The highest BCUT2D eigenvalue weighted by Gasteiger charge is 2.30. The van der Waals surface area contributed by atoms with E-state index in [9.17, 15) is 9.59 Å². The molecule has 0 aliphatic heterocycles. The molecule has 1 fully saturated rings. The van der Waals surface area contributed by atoms with Gasteiger partial charge in [-0.25, -0.2) is 4.79 Å². The minimum absolute atomic E-state index is 0.179. The van der Waals surface area contributed by atoms with E-state index in [1.807, 2.05) is 13.0 Å². The monoisotopic (exact) mass is 262 g/mol. The van der Waals surface area contributed by atoms with Crippen molar-refractivity contribution in [1.82, 2.24) is 4.90 Å². The number of anilines is 1. The van der Waals surface area contributed by atoms with Gasteiger partial charge in [-0.05, 0) is 31.4 Å².